The van der Waals surface area contributed by atoms with Crippen molar-refractivity contribution in [3.63, 3.8) is 0 Å². The van der Waals surface area contributed by atoms with Crippen molar-refractivity contribution >= 4 is 0 Å². The Hall–Kier alpha value is -0.860. The summed E-state index contributed by atoms with van der Waals surface area (Å²) >= 11 is 0. The minimum absolute atomic E-state index is 0.641. The Morgan fingerprint density at radius 2 is 1.89 bits per heavy atom. The predicted octanol–water partition coefficient (Wildman–Crippen LogP) is 2.51. The van der Waals surface area contributed by atoms with E-state index in [0.717, 1.165) is 13.1 Å². The van der Waals surface area contributed by atoms with Gasteiger partial charge in [0.1, 0.15) is 0 Å². The summed E-state index contributed by atoms with van der Waals surface area (Å²) in [6, 6.07) is 9.45. The first-order valence-corrected chi connectivity index (χ1v) is 7.33. The van der Waals surface area contributed by atoms with E-state index in [1.165, 1.54) is 43.2 Å². The number of hydrogen-bond acceptors (Lipinski definition) is 2. The van der Waals surface area contributed by atoms with Crippen LogP contribution in [-0.2, 0) is 12.8 Å². The molecular formula is C16H26N2. The summed E-state index contributed by atoms with van der Waals surface area (Å²) in [6.07, 6.45) is 6.12. The van der Waals surface area contributed by atoms with Crippen molar-refractivity contribution < 1.29 is 0 Å². The van der Waals surface area contributed by atoms with Gasteiger partial charge in [0, 0.05) is 6.04 Å². The maximum atomic E-state index is 5.79. The van der Waals surface area contributed by atoms with Crippen LogP contribution < -0.4 is 11.1 Å². The third kappa shape index (κ3) is 3.56. The number of nitrogens with one attached hydrogen (secondary N) is 1. The Labute approximate surface area is 111 Å². The van der Waals surface area contributed by atoms with Gasteiger partial charge < -0.3 is 11.1 Å². The molecule has 1 aliphatic carbocycles. The molecule has 1 aromatic carbocycles. The molecule has 2 heteroatoms. The van der Waals surface area contributed by atoms with E-state index in [9.17, 15) is 0 Å². The molecule has 0 saturated heterocycles. The van der Waals surface area contributed by atoms with Crippen molar-refractivity contribution in [3.8, 4) is 0 Å². The van der Waals surface area contributed by atoms with Gasteiger partial charge in [-0.3, -0.25) is 0 Å². The average Bonchev–Trinajstić information content (AvgIpc) is 2.80. The highest BCUT2D eigenvalue weighted by Gasteiger charge is 2.20. The van der Waals surface area contributed by atoms with Gasteiger partial charge in [0.15, 0.2) is 0 Å². The summed E-state index contributed by atoms with van der Waals surface area (Å²) in [5, 5.41) is 3.70. The van der Waals surface area contributed by atoms with Gasteiger partial charge in [0.2, 0.25) is 0 Å². The fourth-order valence-electron chi connectivity index (χ4n) is 2.98. The molecular weight excluding hydrogens is 220 g/mol. The number of fused-ring (bicyclic) bond motifs is 1. The lowest BCUT2D eigenvalue weighted by molar-refractivity contribution is 0.418. The molecule has 3 N–H and O–H groups in total. The van der Waals surface area contributed by atoms with E-state index in [4.69, 9.17) is 5.73 Å². The number of hydrogen-bond donors (Lipinski definition) is 2. The zero-order valence-electron chi connectivity index (χ0n) is 11.5. The van der Waals surface area contributed by atoms with Crippen molar-refractivity contribution in [1.29, 1.82) is 0 Å². The molecule has 0 radical (unpaired) electrons. The van der Waals surface area contributed by atoms with Gasteiger partial charge in [-0.2, -0.15) is 0 Å². The third-order valence-electron chi connectivity index (χ3n) is 4.07. The van der Waals surface area contributed by atoms with Crippen LogP contribution in [0.3, 0.4) is 0 Å². The second-order valence-electron chi connectivity index (χ2n) is 5.51. The van der Waals surface area contributed by atoms with Gasteiger partial charge in [0.05, 0.1) is 0 Å². The van der Waals surface area contributed by atoms with E-state index in [1.807, 2.05) is 0 Å². The Kier molecular flexibility index (Phi) is 5.21. The molecule has 2 nitrogen and oxygen atoms in total. The molecule has 0 aromatic heterocycles. The smallest absolute Gasteiger partial charge is 0.0148 e. The molecule has 2 rings (SSSR count). The summed E-state index contributed by atoms with van der Waals surface area (Å²) in [7, 11) is 0. The monoisotopic (exact) mass is 246 g/mol. The predicted molar refractivity (Wildman–Crippen MR) is 77.7 cm³/mol. The van der Waals surface area contributed by atoms with E-state index < -0.39 is 0 Å². The molecule has 1 atom stereocenters. The van der Waals surface area contributed by atoms with Crippen molar-refractivity contribution in [2.75, 3.05) is 13.1 Å². The largest absolute Gasteiger partial charge is 0.330 e. The van der Waals surface area contributed by atoms with Crippen LogP contribution >= 0.6 is 0 Å². The van der Waals surface area contributed by atoms with Crippen molar-refractivity contribution in [2.45, 2.75) is 45.1 Å². The standard InChI is InChI=1S/C16H26N2/c1-2-5-13(12-17)8-9-18-16-10-14-6-3-4-7-15(14)11-16/h3-4,6-7,13,16,18H,2,5,8-12,17H2,1H3. The molecule has 1 aromatic rings. The molecule has 0 aliphatic heterocycles. The molecule has 100 valence electrons. The Bertz CT molecular complexity index is 337. The minimum atomic E-state index is 0.641. The highest BCUT2D eigenvalue weighted by molar-refractivity contribution is 5.33. The van der Waals surface area contributed by atoms with Crippen LogP contribution in [0.15, 0.2) is 24.3 Å². The second-order valence-corrected chi connectivity index (χ2v) is 5.51. The Balaban J connectivity index is 1.70. The average molecular weight is 246 g/mol. The molecule has 1 aliphatic rings. The number of rotatable bonds is 7. The van der Waals surface area contributed by atoms with E-state index in [-0.39, 0.29) is 0 Å². The van der Waals surface area contributed by atoms with E-state index >= 15 is 0 Å². The maximum Gasteiger partial charge on any atom is 0.0148 e. The summed E-state index contributed by atoms with van der Waals surface area (Å²) < 4.78 is 0. The maximum absolute atomic E-state index is 5.79. The molecule has 0 fully saturated rings. The fourth-order valence-corrected chi connectivity index (χ4v) is 2.98. The minimum Gasteiger partial charge on any atom is -0.330 e. The summed E-state index contributed by atoms with van der Waals surface area (Å²) in [5.41, 5.74) is 8.85. The van der Waals surface area contributed by atoms with Gasteiger partial charge in [-0.15, -0.1) is 0 Å². The van der Waals surface area contributed by atoms with Gasteiger partial charge in [0.25, 0.3) is 0 Å². The fraction of sp³-hybridized carbons (Fsp3) is 0.625. The molecule has 0 saturated carbocycles. The van der Waals surface area contributed by atoms with Crippen molar-refractivity contribution in [3.05, 3.63) is 35.4 Å². The van der Waals surface area contributed by atoms with Crippen molar-refractivity contribution in [1.82, 2.24) is 5.32 Å². The molecule has 18 heavy (non-hydrogen) atoms. The third-order valence-corrected chi connectivity index (χ3v) is 4.07. The summed E-state index contributed by atoms with van der Waals surface area (Å²) in [4.78, 5) is 0. The SMILES string of the molecule is CCCC(CN)CCNC1Cc2ccccc2C1. The highest BCUT2D eigenvalue weighted by Crippen LogP contribution is 2.21. The molecule has 0 amide bonds. The number of benzene rings is 1. The van der Waals surface area contributed by atoms with Crippen LogP contribution in [0.4, 0.5) is 0 Å². The van der Waals surface area contributed by atoms with Crippen LogP contribution in [0.25, 0.3) is 0 Å². The molecule has 0 spiro atoms. The first-order chi connectivity index (χ1) is 8.83. The van der Waals surface area contributed by atoms with Crippen molar-refractivity contribution in [2.24, 2.45) is 11.7 Å². The Morgan fingerprint density at radius 1 is 1.22 bits per heavy atom. The normalized spacial score (nSPS) is 16.8. The topological polar surface area (TPSA) is 38.0 Å². The molecule has 0 bridgehead atoms. The summed E-state index contributed by atoms with van der Waals surface area (Å²) in [6.45, 7) is 4.19. The molecule has 0 heterocycles. The van der Waals surface area contributed by atoms with Crippen LogP contribution in [0.1, 0.15) is 37.3 Å². The van der Waals surface area contributed by atoms with Gasteiger partial charge in [-0.05, 0) is 55.8 Å². The quantitative estimate of drug-likeness (QED) is 0.776. The van der Waals surface area contributed by atoms with Crippen LogP contribution in [0.2, 0.25) is 0 Å². The van der Waals surface area contributed by atoms with Crippen LogP contribution in [0.5, 0.6) is 0 Å². The second kappa shape index (κ2) is 6.91. The molecule has 1 unspecified atom stereocenters. The van der Waals surface area contributed by atoms with Gasteiger partial charge >= 0.3 is 0 Å². The van der Waals surface area contributed by atoms with Gasteiger partial charge in [-0.25, -0.2) is 0 Å². The zero-order chi connectivity index (χ0) is 12.8. The first kappa shape index (κ1) is 13.6. The van der Waals surface area contributed by atoms with Crippen LogP contribution in [-0.4, -0.2) is 19.1 Å². The van der Waals surface area contributed by atoms with E-state index in [1.54, 1.807) is 0 Å². The van der Waals surface area contributed by atoms with Gasteiger partial charge in [-0.1, -0.05) is 37.6 Å². The Morgan fingerprint density at radius 3 is 2.44 bits per heavy atom. The zero-order valence-corrected chi connectivity index (χ0v) is 11.5. The van der Waals surface area contributed by atoms with E-state index in [0.29, 0.717) is 12.0 Å². The number of nitrogens with two attached hydrogens (primary N) is 1. The highest BCUT2D eigenvalue weighted by atomic mass is 14.9. The van der Waals surface area contributed by atoms with E-state index in [2.05, 4.69) is 36.5 Å². The first-order valence-electron chi connectivity index (χ1n) is 7.33. The lowest BCUT2D eigenvalue weighted by Gasteiger charge is -2.16. The van der Waals surface area contributed by atoms with Crippen LogP contribution in [0, 0.1) is 5.92 Å². The lowest BCUT2D eigenvalue weighted by Crippen LogP contribution is -2.32. The summed E-state index contributed by atoms with van der Waals surface area (Å²) in [5.74, 6) is 0.700. The lowest BCUT2D eigenvalue weighted by atomic mass is 10.00.